The van der Waals surface area contributed by atoms with Crippen LogP contribution in [-0.4, -0.2) is 12.5 Å². The average molecular weight is 381 g/mol. The molecule has 0 aliphatic carbocycles. The number of amides is 1. The zero-order chi connectivity index (χ0) is 14.5. The van der Waals surface area contributed by atoms with Crippen molar-refractivity contribution in [3.63, 3.8) is 0 Å². The van der Waals surface area contributed by atoms with Crippen LogP contribution in [0.15, 0.2) is 42.5 Å². The average Bonchev–Trinajstić information content (AvgIpc) is 2.40. The van der Waals surface area contributed by atoms with Crippen LogP contribution in [0.4, 0.5) is 5.69 Å². The second-order valence-corrected chi connectivity index (χ2v) is 5.75. The zero-order valence-corrected chi connectivity index (χ0v) is 13.6. The van der Waals surface area contributed by atoms with Gasteiger partial charge < -0.3 is 10.1 Å². The predicted octanol–water partition coefficient (Wildman–Crippen LogP) is 3.93. The Labute approximate surface area is 132 Å². The Bertz CT molecular complexity index is 626. The highest BCUT2D eigenvalue weighted by atomic mass is 127. The third kappa shape index (κ3) is 3.96. The molecule has 1 N–H and O–H groups in total. The monoisotopic (exact) mass is 381 g/mol. The van der Waals surface area contributed by atoms with Crippen LogP contribution in [0.1, 0.15) is 11.1 Å². The van der Waals surface area contributed by atoms with Gasteiger partial charge in [-0.1, -0.05) is 29.8 Å². The van der Waals surface area contributed by atoms with E-state index >= 15 is 0 Å². The van der Waals surface area contributed by atoms with Gasteiger partial charge in [-0.3, -0.25) is 4.79 Å². The summed E-state index contributed by atoms with van der Waals surface area (Å²) >= 11 is 2.19. The molecule has 4 heteroatoms. The molecule has 2 aromatic carbocycles. The van der Waals surface area contributed by atoms with Crippen molar-refractivity contribution >= 4 is 34.2 Å². The first kappa shape index (κ1) is 14.8. The number of carbonyl (C=O) groups excluding carboxylic acids is 1. The number of halogens is 1. The maximum Gasteiger partial charge on any atom is 0.262 e. The molecule has 1 amide bonds. The van der Waals surface area contributed by atoms with Gasteiger partial charge in [-0.05, 0) is 60.2 Å². The minimum absolute atomic E-state index is 0.00880. The molecule has 2 aromatic rings. The largest absolute Gasteiger partial charge is 0.483 e. The van der Waals surface area contributed by atoms with Gasteiger partial charge in [-0.15, -0.1) is 0 Å². The van der Waals surface area contributed by atoms with Gasteiger partial charge >= 0.3 is 0 Å². The van der Waals surface area contributed by atoms with E-state index in [1.807, 2.05) is 56.3 Å². The maximum absolute atomic E-state index is 11.9. The van der Waals surface area contributed by atoms with Crippen LogP contribution in [-0.2, 0) is 4.79 Å². The molecule has 0 unspecified atom stereocenters. The van der Waals surface area contributed by atoms with Crippen molar-refractivity contribution in [1.82, 2.24) is 0 Å². The van der Waals surface area contributed by atoms with Crippen molar-refractivity contribution in [2.75, 3.05) is 11.9 Å². The summed E-state index contributed by atoms with van der Waals surface area (Å²) in [7, 11) is 0. The molecule has 104 valence electrons. The summed E-state index contributed by atoms with van der Waals surface area (Å²) in [5.41, 5.74) is 3.02. The van der Waals surface area contributed by atoms with E-state index in [0.717, 1.165) is 20.6 Å². The molecule has 3 nitrogen and oxygen atoms in total. The van der Waals surface area contributed by atoms with Crippen molar-refractivity contribution in [1.29, 1.82) is 0 Å². The number of rotatable bonds is 4. The van der Waals surface area contributed by atoms with E-state index < -0.39 is 0 Å². The first-order valence-electron chi connectivity index (χ1n) is 6.30. The van der Waals surface area contributed by atoms with Gasteiger partial charge in [0.1, 0.15) is 5.75 Å². The molecular weight excluding hydrogens is 365 g/mol. The summed E-state index contributed by atoms with van der Waals surface area (Å²) in [4.78, 5) is 11.9. The Balaban J connectivity index is 1.94. The molecular formula is C16H16INO2. The Morgan fingerprint density at radius 3 is 2.65 bits per heavy atom. The summed E-state index contributed by atoms with van der Waals surface area (Å²) in [5.74, 6) is 0.586. The Morgan fingerprint density at radius 2 is 1.95 bits per heavy atom. The van der Waals surface area contributed by atoms with Crippen molar-refractivity contribution in [2.45, 2.75) is 13.8 Å². The maximum atomic E-state index is 11.9. The third-order valence-corrected chi connectivity index (χ3v) is 3.78. The fourth-order valence-corrected chi connectivity index (χ4v) is 2.38. The molecule has 0 aromatic heterocycles. The third-order valence-electron chi connectivity index (χ3n) is 2.84. The highest BCUT2D eigenvalue weighted by Crippen LogP contribution is 2.19. The highest BCUT2D eigenvalue weighted by Gasteiger charge is 2.07. The van der Waals surface area contributed by atoms with Crippen molar-refractivity contribution in [3.05, 3.63) is 57.2 Å². The number of carbonyl (C=O) groups is 1. The quantitative estimate of drug-likeness (QED) is 0.816. The molecule has 20 heavy (non-hydrogen) atoms. The fourth-order valence-electron chi connectivity index (χ4n) is 1.85. The lowest BCUT2D eigenvalue weighted by molar-refractivity contribution is -0.118. The summed E-state index contributed by atoms with van der Waals surface area (Å²) in [6, 6.07) is 13.5. The molecule has 0 spiro atoms. The number of para-hydroxylation sites is 1. The van der Waals surface area contributed by atoms with Crippen LogP contribution < -0.4 is 10.1 Å². The van der Waals surface area contributed by atoms with Crippen LogP contribution in [0.2, 0.25) is 0 Å². The van der Waals surface area contributed by atoms with Gasteiger partial charge in [-0.2, -0.15) is 0 Å². The van der Waals surface area contributed by atoms with Crippen molar-refractivity contribution < 1.29 is 9.53 Å². The Hall–Kier alpha value is -1.56. The SMILES string of the molecule is Cc1ccc(OCC(=O)Nc2ccccc2I)c(C)c1. The minimum atomic E-state index is -0.158. The van der Waals surface area contributed by atoms with E-state index in [-0.39, 0.29) is 12.5 Å². The second-order valence-electron chi connectivity index (χ2n) is 4.59. The van der Waals surface area contributed by atoms with Crippen LogP contribution in [0.25, 0.3) is 0 Å². The van der Waals surface area contributed by atoms with E-state index in [1.165, 1.54) is 5.56 Å². The number of anilines is 1. The number of hydrogen-bond acceptors (Lipinski definition) is 2. The smallest absolute Gasteiger partial charge is 0.262 e. The first-order chi connectivity index (χ1) is 9.56. The number of aryl methyl sites for hydroxylation is 2. The van der Waals surface area contributed by atoms with Gasteiger partial charge in [0.25, 0.3) is 5.91 Å². The first-order valence-corrected chi connectivity index (χ1v) is 7.38. The number of benzene rings is 2. The lowest BCUT2D eigenvalue weighted by Crippen LogP contribution is -2.20. The standard InChI is InChI=1S/C16H16INO2/c1-11-7-8-15(12(2)9-11)20-10-16(19)18-14-6-4-3-5-13(14)17/h3-9H,10H2,1-2H3,(H,18,19). The van der Waals surface area contributed by atoms with Gasteiger partial charge in [0.05, 0.1) is 5.69 Å². The van der Waals surface area contributed by atoms with E-state index in [1.54, 1.807) is 0 Å². The van der Waals surface area contributed by atoms with Crippen LogP contribution >= 0.6 is 22.6 Å². The summed E-state index contributed by atoms with van der Waals surface area (Å²) in [6.07, 6.45) is 0. The molecule has 0 saturated heterocycles. The molecule has 0 saturated carbocycles. The van der Waals surface area contributed by atoms with Gasteiger partial charge in [0, 0.05) is 3.57 Å². The van der Waals surface area contributed by atoms with E-state index in [9.17, 15) is 4.79 Å². The second kappa shape index (κ2) is 6.74. The van der Waals surface area contributed by atoms with E-state index in [0.29, 0.717) is 0 Å². The lowest BCUT2D eigenvalue weighted by atomic mass is 10.1. The number of nitrogens with one attached hydrogen (secondary N) is 1. The highest BCUT2D eigenvalue weighted by molar-refractivity contribution is 14.1. The van der Waals surface area contributed by atoms with Gasteiger partial charge in [0.15, 0.2) is 6.61 Å². The summed E-state index contributed by atoms with van der Waals surface area (Å²) < 4.78 is 6.56. The molecule has 0 aliphatic heterocycles. The molecule has 0 bridgehead atoms. The fraction of sp³-hybridized carbons (Fsp3) is 0.188. The molecule has 0 radical (unpaired) electrons. The molecule has 0 aliphatic rings. The topological polar surface area (TPSA) is 38.3 Å². The Kier molecular flexibility index (Phi) is 5.00. The van der Waals surface area contributed by atoms with Crippen LogP contribution in [0, 0.1) is 17.4 Å². The van der Waals surface area contributed by atoms with E-state index in [4.69, 9.17) is 4.74 Å². The summed E-state index contributed by atoms with van der Waals surface area (Å²) in [6.45, 7) is 4.01. The molecule has 0 atom stereocenters. The van der Waals surface area contributed by atoms with Crippen molar-refractivity contribution in [3.8, 4) is 5.75 Å². The molecule has 2 rings (SSSR count). The van der Waals surface area contributed by atoms with Gasteiger partial charge in [-0.25, -0.2) is 0 Å². The lowest BCUT2D eigenvalue weighted by Gasteiger charge is -2.11. The Morgan fingerprint density at radius 1 is 1.20 bits per heavy atom. The zero-order valence-electron chi connectivity index (χ0n) is 11.4. The normalized spacial score (nSPS) is 10.2. The number of ether oxygens (including phenoxy) is 1. The van der Waals surface area contributed by atoms with Crippen LogP contribution in [0.5, 0.6) is 5.75 Å². The number of hydrogen-bond donors (Lipinski definition) is 1. The van der Waals surface area contributed by atoms with Crippen LogP contribution in [0.3, 0.4) is 0 Å². The van der Waals surface area contributed by atoms with Crippen molar-refractivity contribution in [2.24, 2.45) is 0 Å². The molecule has 0 fully saturated rings. The van der Waals surface area contributed by atoms with Gasteiger partial charge in [0.2, 0.25) is 0 Å². The predicted molar refractivity (Wildman–Crippen MR) is 89.2 cm³/mol. The van der Waals surface area contributed by atoms with E-state index in [2.05, 4.69) is 27.9 Å². The minimum Gasteiger partial charge on any atom is -0.483 e. The molecule has 0 heterocycles. The summed E-state index contributed by atoms with van der Waals surface area (Å²) in [5, 5.41) is 2.84.